The van der Waals surface area contributed by atoms with Gasteiger partial charge in [-0.3, -0.25) is 0 Å². The standard InChI is InChI=1S/C13H14ClNOS/c1-13(15,12-11(14)6-7-17-12)9-4-3-5-10(8-9)16-2/h3-8H,15H2,1-2H3. The lowest BCUT2D eigenvalue weighted by Gasteiger charge is -2.25. The summed E-state index contributed by atoms with van der Waals surface area (Å²) in [5.41, 5.74) is 6.79. The number of methoxy groups -OCH3 is 1. The molecule has 1 atom stereocenters. The highest BCUT2D eigenvalue weighted by atomic mass is 35.5. The van der Waals surface area contributed by atoms with Gasteiger partial charge in [0.1, 0.15) is 5.75 Å². The Kier molecular flexibility index (Phi) is 3.43. The Labute approximate surface area is 110 Å². The third-order valence-electron chi connectivity index (χ3n) is 2.76. The number of rotatable bonds is 3. The van der Waals surface area contributed by atoms with Gasteiger partial charge in [0.15, 0.2) is 0 Å². The van der Waals surface area contributed by atoms with Gasteiger partial charge < -0.3 is 10.5 Å². The summed E-state index contributed by atoms with van der Waals surface area (Å²) in [4.78, 5) is 0.965. The number of nitrogens with two attached hydrogens (primary N) is 1. The molecule has 0 saturated heterocycles. The van der Waals surface area contributed by atoms with E-state index in [4.69, 9.17) is 22.1 Å². The second-order valence-corrected chi connectivity index (χ2v) is 5.36. The van der Waals surface area contributed by atoms with Crippen LogP contribution < -0.4 is 10.5 Å². The number of ether oxygens (including phenoxy) is 1. The molecule has 0 aliphatic carbocycles. The van der Waals surface area contributed by atoms with Gasteiger partial charge in [0.25, 0.3) is 0 Å². The minimum Gasteiger partial charge on any atom is -0.497 e. The fraction of sp³-hybridized carbons (Fsp3) is 0.231. The van der Waals surface area contributed by atoms with Crippen LogP contribution in [0.5, 0.6) is 5.75 Å². The predicted molar refractivity (Wildman–Crippen MR) is 73.0 cm³/mol. The van der Waals surface area contributed by atoms with Crippen molar-refractivity contribution in [1.82, 2.24) is 0 Å². The summed E-state index contributed by atoms with van der Waals surface area (Å²) in [5, 5.41) is 2.66. The molecule has 0 amide bonds. The SMILES string of the molecule is COc1cccc(C(C)(N)c2sccc2Cl)c1. The Bertz CT molecular complexity index is 522. The fourth-order valence-electron chi connectivity index (χ4n) is 1.74. The van der Waals surface area contributed by atoms with E-state index < -0.39 is 5.54 Å². The molecule has 1 aromatic carbocycles. The van der Waals surface area contributed by atoms with Crippen molar-refractivity contribution < 1.29 is 4.74 Å². The van der Waals surface area contributed by atoms with Crippen molar-refractivity contribution in [1.29, 1.82) is 0 Å². The first-order chi connectivity index (χ1) is 8.05. The molecule has 0 spiro atoms. The van der Waals surface area contributed by atoms with Crippen molar-refractivity contribution in [3.05, 3.63) is 51.2 Å². The Hall–Kier alpha value is -1.03. The molecule has 1 heterocycles. The third-order valence-corrected chi connectivity index (χ3v) is 4.34. The van der Waals surface area contributed by atoms with Crippen LogP contribution in [-0.2, 0) is 5.54 Å². The summed E-state index contributed by atoms with van der Waals surface area (Å²) in [7, 11) is 1.64. The molecule has 0 bridgehead atoms. The average Bonchev–Trinajstić information content (AvgIpc) is 2.76. The molecule has 2 rings (SSSR count). The van der Waals surface area contributed by atoms with Crippen molar-refractivity contribution in [2.24, 2.45) is 5.73 Å². The molecule has 1 aromatic heterocycles. The van der Waals surface area contributed by atoms with Crippen LogP contribution in [0.25, 0.3) is 0 Å². The average molecular weight is 268 g/mol. The molecule has 0 fully saturated rings. The van der Waals surface area contributed by atoms with Crippen LogP contribution in [0.3, 0.4) is 0 Å². The summed E-state index contributed by atoms with van der Waals surface area (Å²) in [6, 6.07) is 9.62. The van der Waals surface area contributed by atoms with E-state index in [0.29, 0.717) is 5.02 Å². The zero-order chi connectivity index (χ0) is 12.5. The van der Waals surface area contributed by atoms with Gasteiger partial charge in [-0.2, -0.15) is 0 Å². The van der Waals surface area contributed by atoms with Crippen LogP contribution in [0.1, 0.15) is 17.4 Å². The van der Waals surface area contributed by atoms with E-state index in [1.54, 1.807) is 18.4 Å². The lowest BCUT2D eigenvalue weighted by atomic mass is 9.91. The highest BCUT2D eigenvalue weighted by Crippen LogP contribution is 2.36. The van der Waals surface area contributed by atoms with Gasteiger partial charge in [0.05, 0.1) is 17.7 Å². The van der Waals surface area contributed by atoms with Crippen molar-refractivity contribution in [2.75, 3.05) is 7.11 Å². The Balaban J connectivity index is 2.47. The maximum atomic E-state index is 6.40. The molecule has 2 aromatic rings. The first-order valence-corrected chi connectivity index (χ1v) is 6.48. The molecule has 0 saturated carbocycles. The normalized spacial score (nSPS) is 14.4. The van der Waals surface area contributed by atoms with Gasteiger partial charge in [0.2, 0.25) is 0 Å². The summed E-state index contributed by atoms with van der Waals surface area (Å²) >= 11 is 7.71. The highest BCUT2D eigenvalue weighted by Gasteiger charge is 2.27. The molecule has 0 aliphatic heterocycles. The molecule has 90 valence electrons. The minimum absolute atomic E-state index is 0.597. The van der Waals surface area contributed by atoms with Gasteiger partial charge in [-0.25, -0.2) is 0 Å². The molecular weight excluding hydrogens is 254 g/mol. The van der Waals surface area contributed by atoms with E-state index in [0.717, 1.165) is 16.2 Å². The van der Waals surface area contributed by atoms with Crippen LogP contribution in [0, 0.1) is 0 Å². The Morgan fingerprint density at radius 2 is 2.12 bits per heavy atom. The van der Waals surface area contributed by atoms with Crippen LogP contribution in [0.2, 0.25) is 5.02 Å². The smallest absolute Gasteiger partial charge is 0.119 e. The van der Waals surface area contributed by atoms with Crippen molar-refractivity contribution in [3.8, 4) is 5.75 Å². The van der Waals surface area contributed by atoms with Crippen molar-refractivity contribution in [2.45, 2.75) is 12.5 Å². The van der Waals surface area contributed by atoms with Crippen LogP contribution in [0.15, 0.2) is 35.7 Å². The lowest BCUT2D eigenvalue weighted by Crippen LogP contribution is -2.33. The van der Waals surface area contributed by atoms with E-state index in [1.165, 1.54) is 0 Å². The number of hydrogen-bond acceptors (Lipinski definition) is 3. The van der Waals surface area contributed by atoms with Crippen LogP contribution >= 0.6 is 22.9 Å². The second kappa shape index (κ2) is 4.69. The summed E-state index contributed by atoms with van der Waals surface area (Å²) < 4.78 is 5.21. The van der Waals surface area contributed by atoms with Gasteiger partial charge in [-0.15, -0.1) is 11.3 Å². The van der Waals surface area contributed by atoms with Crippen LogP contribution in [0.4, 0.5) is 0 Å². The predicted octanol–water partition coefficient (Wildman–Crippen LogP) is 3.63. The second-order valence-electron chi connectivity index (χ2n) is 4.03. The number of hydrogen-bond donors (Lipinski definition) is 1. The Morgan fingerprint density at radius 3 is 2.71 bits per heavy atom. The molecule has 2 nitrogen and oxygen atoms in total. The molecule has 4 heteroatoms. The minimum atomic E-state index is -0.597. The molecule has 0 aliphatic rings. The third kappa shape index (κ3) is 2.32. The maximum absolute atomic E-state index is 6.40. The molecule has 1 unspecified atom stereocenters. The summed E-state index contributed by atoms with van der Waals surface area (Å²) in [6.07, 6.45) is 0. The van der Waals surface area contributed by atoms with E-state index in [1.807, 2.05) is 42.6 Å². The lowest BCUT2D eigenvalue weighted by molar-refractivity contribution is 0.413. The molecular formula is C13H14ClNOS. The van der Waals surface area contributed by atoms with Gasteiger partial charge in [0, 0.05) is 4.88 Å². The van der Waals surface area contributed by atoms with Crippen molar-refractivity contribution >= 4 is 22.9 Å². The maximum Gasteiger partial charge on any atom is 0.119 e. The molecule has 17 heavy (non-hydrogen) atoms. The van der Waals surface area contributed by atoms with Gasteiger partial charge >= 0.3 is 0 Å². The van der Waals surface area contributed by atoms with Gasteiger partial charge in [-0.05, 0) is 36.1 Å². The monoisotopic (exact) mass is 267 g/mol. The first-order valence-electron chi connectivity index (χ1n) is 5.22. The van der Waals surface area contributed by atoms with Gasteiger partial charge in [-0.1, -0.05) is 23.7 Å². The number of thiophene rings is 1. The van der Waals surface area contributed by atoms with Crippen molar-refractivity contribution in [3.63, 3.8) is 0 Å². The van der Waals surface area contributed by atoms with E-state index in [9.17, 15) is 0 Å². The summed E-state index contributed by atoms with van der Waals surface area (Å²) in [6.45, 7) is 1.96. The number of benzene rings is 1. The fourth-order valence-corrected chi connectivity index (χ4v) is 3.09. The quantitative estimate of drug-likeness (QED) is 0.922. The Morgan fingerprint density at radius 1 is 1.35 bits per heavy atom. The van der Waals surface area contributed by atoms with Crippen LogP contribution in [-0.4, -0.2) is 7.11 Å². The topological polar surface area (TPSA) is 35.2 Å². The zero-order valence-corrected chi connectivity index (χ0v) is 11.3. The zero-order valence-electron chi connectivity index (χ0n) is 9.74. The molecule has 0 radical (unpaired) electrons. The molecule has 2 N–H and O–H groups in total. The largest absolute Gasteiger partial charge is 0.497 e. The highest BCUT2D eigenvalue weighted by molar-refractivity contribution is 7.10. The first kappa shape index (κ1) is 12.4. The summed E-state index contributed by atoms with van der Waals surface area (Å²) in [5.74, 6) is 0.798. The van der Waals surface area contributed by atoms with E-state index in [2.05, 4.69) is 0 Å². The van der Waals surface area contributed by atoms with E-state index >= 15 is 0 Å². The van der Waals surface area contributed by atoms with E-state index in [-0.39, 0.29) is 0 Å². The number of halogens is 1.